The van der Waals surface area contributed by atoms with Crippen molar-refractivity contribution >= 4 is 22.1 Å². The molecule has 0 bridgehead atoms. The molecule has 0 radical (unpaired) electrons. The van der Waals surface area contributed by atoms with Gasteiger partial charge in [-0.2, -0.15) is 4.31 Å². The number of nitrogens with zero attached hydrogens (tertiary/aromatic N) is 1. The molecule has 0 aromatic carbocycles. The number of amides is 1. The van der Waals surface area contributed by atoms with Crippen LogP contribution in [0, 0.1) is 0 Å². The number of ether oxygens (including phenoxy) is 1. The zero-order chi connectivity index (χ0) is 16.8. The Morgan fingerprint density at radius 1 is 1.32 bits per heavy atom. The topological polar surface area (TPSA) is 113 Å². The number of hydrogen-bond acceptors (Lipinski definition) is 5. The third kappa shape index (κ3) is 3.52. The van der Waals surface area contributed by atoms with Crippen molar-refractivity contribution in [3.63, 3.8) is 0 Å². The molecule has 0 spiro atoms. The second-order valence-electron chi connectivity index (χ2n) is 6.84. The number of carboxylic acid groups (broad SMARTS) is 1. The summed E-state index contributed by atoms with van der Waals surface area (Å²) in [6, 6.07) is 0. The second-order valence-corrected chi connectivity index (χ2v) is 9.06. The quantitative estimate of drug-likeness (QED) is 0.775. The average molecular weight is 334 g/mol. The van der Waals surface area contributed by atoms with E-state index in [1.54, 1.807) is 20.8 Å². The predicted molar refractivity (Wildman–Crippen MR) is 77.9 cm³/mol. The molecule has 1 saturated heterocycles. The van der Waals surface area contributed by atoms with E-state index in [9.17, 15) is 23.1 Å². The van der Waals surface area contributed by atoms with Gasteiger partial charge in [-0.3, -0.25) is 0 Å². The van der Waals surface area contributed by atoms with Crippen molar-refractivity contribution in [2.24, 2.45) is 0 Å². The summed E-state index contributed by atoms with van der Waals surface area (Å²) >= 11 is 0. The first-order chi connectivity index (χ1) is 9.96. The third-order valence-electron chi connectivity index (χ3n) is 3.69. The van der Waals surface area contributed by atoms with Gasteiger partial charge in [0.15, 0.2) is 5.54 Å². The minimum Gasteiger partial charge on any atom is -0.479 e. The van der Waals surface area contributed by atoms with Crippen molar-refractivity contribution in [1.29, 1.82) is 0 Å². The smallest absolute Gasteiger partial charge is 0.408 e. The fraction of sp³-hybridized carbons (Fsp3) is 0.846. The maximum absolute atomic E-state index is 12.2. The van der Waals surface area contributed by atoms with Crippen molar-refractivity contribution in [1.82, 2.24) is 9.62 Å². The number of nitrogens with one attached hydrogen (secondary N) is 1. The van der Waals surface area contributed by atoms with Crippen molar-refractivity contribution in [2.45, 2.75) is 56.4 Å². The van der Waals surface area contributed by atoms with E-state index >= 15 is 0 Å². The third-order valence-corrected chi connectivity index (χ3v) is 6.03. The van der Waals surface area contributed by atoms with Gasteiger partial charge in [-0.25, -0.2) is 18.0 Å². The molecular formula is C13H22N2O6S. The largest absolute Gasteiger partial charge is 0.479 e. The SMILES string of the molecule is CC(C)(C)OC(=O)NC1(C(=O)O)CCN(S(=O)(=O)C2CC2)C1. The highest BCUT2D eigenvalue weighted by molar-refractivity contribution is 7.90. The summed E-state index contributed by atoms with van der Waals surface area (Å²) in [7, 11) is -3.46. The van der Waals surface area contributed by atoms with Crippen molar-refractivity contribution in [3.05, 3.63) is 0 Å². The van der Waals surface area contributed by atoms with E-state index in [4.69, 9.17) is 4.74 Å². The average Bonchev–Trinajstić information content (AvgIpc) is 3.09. The zero-order valence-electron chi connectivity index (χ0n) is 13.0. The molecule has 1 amide bonds. The first kappa shape index (κ1) is 17.0. The lowest BCUT2D eigenvalue weighted by atomic mass is 9.99. The first-order valence-corrected chi connectivity index (χ1v) is 8.70. The predicted octanol–water partition coefficient (Wildman–Crippen LogP) is 0.532. The molecule has 1 saturated carbocycles. The molecule has 9 heteroatoms. The van der Waals surface area contributed by atoms with Gasteiger partial charge in [0.25, 0.3) is 0 Å². The van der Waals surface area contributed by atoms with Gasteiger partial charge in [0.05, 0.1) is 5.25 Å². The Kier molecular flexibility index (Phi) is 4.16. The minimum absolute atomic E-state index is 0.0214. The van der Waals surface area contributed by atoms with Crippen LogP contribution in [0.4, 0.5) is 4.79 Å². The summed E-state index contributed by atoms with van der Waals surface area (Å²) in [5.74, 6) is -1.26. The standard InChI is InChI=1S/C13H22N2O6S/c1-12(2,3)21-11(18)14-13(10(16)17)6-7-15(8-13)22(19,20)9-4-5-9/h9H,4-8H2,1-3H3,(H,14,18)(H,16,17). The highest BCUT2D eigenvalue weighted by Crippen LogP contribution is 2.35. The first-order valence-electron chi connectivity index (χ1n) is 7.20. The summed E-state index contributed by atoms with van der Waals surface area (Å²) in [6.45, 7) is 4.82. The van der Waals surface area contributed by atoms with Crippen LogP contribution in [0.1, 0.15) is 40.0 Å². The molecule has 1 aliphatic heterocycles. The molecule has 8 nitrogen and oxygen atoms in total. The maximum atomic E-state index is 12.2. The molecule has 1 unspecified atom stereocenters. The number of alkyl carbamates (subject to hydrolysis) is 1. The van der Waals surface area contributed by atoms with Crippen LogP contribution >= 0.6 is 0 Å². The molecule has 2 aliphatic rings. The van der Waals surface area contributed by atoms with Gasteiger partial charge in [0, 0.05) is 13.1 Å². The Balaban J connectivity index is 2.11. The molecule has 126 valence electrons. The summed E-state index contributed by atoms with van der Waals surface area (Å²) in [5, 5.41) is 11.4. The summed E-state index contributed by atoms with van der Waals surface area (Å²) in [4.78, 5) is 23.5. The molecule has 0 aromatic heterocycles. The molecular weight excluding hydrogens is 312 g/mol. The molecule has 22 heavy (non-hydrogen) atoms. The number of carbonyl (C=O) groups is 2. The monoisotopic (exact) mass is 334 g/mol. The number of carbonyl (C=O) groups excluding carboxylic acids is 1. The van der Waals surface area contributed by atoms with E-state index in [-0.39, 0.29) is 19.5 Å². The molecule has 0 aromatic rings. The Bertz CT molecular complexity index is 578. The van der Waals surface area contributed by atoms with E-state index in [0.717, 1.165) is 4.31 Å². The highest BCUT2D eigenvalue weighted by Gasteiger charge is 2.52. The number of carboxylic acids is 1. The van der Waals surface area contributed by atoms with Gasteiger partial charge in [-0.1, -0.05) is 0 Å². The fourth-order valence-corrected chi connectivity index (χ4v) is 4.30. The van der Waals surface area contributed by atoms with Crippen LogP contribution in [0.3, 0.4) is 0 Å². The molecule has 1 atom stereocenters. The Hall–Kier alpha value is -1.35. The van der Waals surface area contributed by atoms with Crippen LogP contribution in [0.5, 0.6) is 0 Å². The minimum atomic E-state index is -3.46. The van der Waals surface area contributed by atoms with Crippen molar-refractivity contribution < 1.29 is 27.9 Å². The molecule has 1 aliphatic carbocycles. The Labute approximate surface area is 129 Å². The molecule has 2 N–H and O–H groups in total. The molecule has 2 rings (SSSR count). The normalized spacial score (nSPS) is 26.7. The van der Waals surface area contributed by atoms with E-state index in [0.29, 0.717) is 12.8 Å². The fourth-order valence-electron chi connectivity index (χ4n) is 2.40. The number of hydrogen-bond donors (Lipinski definition) is 2. The summed E-state index contributed by atoms with van der Waals surface area (Å²) < 4.78 is 30.7. The van der Waals surface area contributed by atoms with Crippen LogP contribution in [0.15, 0.2) is 0 Å². The van der Waals surface area contributed by atoms with Crippen LogP contribution in [0.2, 0.25) is 0 Å². The van der Waals surface area contributed by atoms with Crippen LogP contribution < -0.4 is 5.32 Å². The highest BCUT2D eigenvalue weighted by atomic mass is 32.2. The van der Waals surface area contributed by atoms with Gasteiger partial charge in [-0.15, -0.1) is 0 Å². The van der Waals surface area contributed by atoms with Crippen LogP contribution in [-0.2, 0) is 19.6 Å². The lowest BCUT2D eigenvalue weighted by Gasteiger charge is -2.28. The van der Waals surface area contributed by atoms with Gasteiger partial charge < -0.3 is 15.2 Å². The van der Waals surface area contributed by atoms with Crippen molar-refractivity contribution in [3.8, 4) is 0 Å². The Morgan fingerprint density at radius 2 is 1.91 bits per heavy atom. The van der Waals surface area contributed by atoms with E-state index < -0.39 is 38.5 Å². The lowest BCUT2D eigenvalue weighted by Crippen LogP contribution is -2.57. The van der Waals surface area contributed by atoms with Gasteiger partial charge in [0.2, 0.25) is 10.0 Å². The number of sulfonamides is 1. The molecule has 2 fully saturated rings. The van der Waals surface area contributed by atoms with Crippen LogP contribution in [-0.4, -0.2) is 59.4 Å². The summed E-state index contributed by atoms with van der Waals surface area (Å²) in [6.07, 6.45) is 0.380. The van der Waals surface area contributed by atoms with Gasteiger partial charge in [0.1, 0.15) is 5.60 Å². The van der Waals surface area contributed by atoms with Gasteiger partial charge in [-0.05, 0) is 40.0 Å². The van der Waals surface area contributed by atoms with E-state index in [1.807, 2.05) is 0 Å². The zero-order valence-corrected chi connectivity index (χ0v) is 13.8. The van der Waals surface area contributed by atoms with Crippen LogP contribution in [0.25, 0.3) is 0 Å². The molecule has 1 heterocycles. The lowest BCUT2D eigenvalue weighted by molar-refractivity contribution is -0.144. The second kappa shape index (κ2) is 5.38. The van der Waals surface area contributed by atoms with E-state index in [1.165, 1.54) is 0 Å². The number of aliphatic carboxylic acids is 1. The maximum Gasteiger partial charge on any atom is 0.408 e. The summed E-state index contributed by atoms with van der Waals surface area (Å²) in [5.41, 5.74) is -2.40. The number of rotatable bonds is 4. The van der Waals surface area contributed by atoms with E-state index in [2.05, 4.69) is 5.32 Å². The Morgan fingerprint density at radius 3 is 2.36 bits per heavy atom. The van der Waals surface area contributed by atoms with Crippen molar-refractivity contribution in [2.75, 3.05) is 13.1 Å². The van der Waals surface area contributed by atoms with Gasteiger partial charge >= 0.3 is 12.1 Å².